The van der Waals surface area contributed by atoms with Crippen LogP contribution >= 0.6 is 0 Å². The molecule has 0 amide bonds. The first kappa shape index (κ1) is 11.7. The van der Waals surface area contributed by atoms with Crippen LogP contribution in [0.5, 0.6) is 0 Å². The van der Waals surface area contributed by atoms with Crippen molar-refractivity contribution in [3.63, 3.8) is 0 Å². The molecule has 1 saturated carbocycles. The molecule has 1 fully saturated rings. The molecule has 0 saturated heterocycles. The minimum absolute atomic E-state index is 0.147. The van der Waals surface area contributed by atoms with Gasteiger partial charge in [0.1, 0.15) is 0 Å². The van der Waals surface area contributed by atoms with Gasteiger partial charge in [-0.2, -0.15) is 0 Å². The van der Waals surface area contributed by atoms with Gasteiger partial charge in [-0.3, -0.25) is 9.69 Å². The summed E-state index contributed by atoms with van der Waals surface area (Å²) in [6, 6.07) is 0.549. The number of ketones is 1. The molecule has 1 N–H and O–H groups in total. The van der Waals surface area contributed by atoms with Crippen LogP contribution in [-0.4, -0.2) is 41.5 Å². The molecule has 0 bridgehead atoms. The van der Waals surface area contributed by atoms with Crippen LogP contribution in [0.4, 0.5) is 0 Å². The first-order valence-electron chi connectivity index (χ1n) is 5.33. The van der Waals surface area contributed by atoms with Gasteiger partial charge in [-0.1, -0.05) is 20.8 Å². The Hall–Kier alpha value is -0.410. The van der Waals surface area contributed by atoms with Gasteiger partial charge in [-0.05, 0) is 12.8 Å². The average molecular weight is 199 g/mol. The number of hydrogen-bond donors (Lipinski definition) is 1. The number of hydrogen-bond acceptors (Lipinski definition) is 3. The highest BCUT2D eigenvalue weighted by Gasteiger charge is 2.32. The van der Waals surface area contributed by atoms with Crippen molar-refractivity contribution in [1.82, 2.24) is 4.90 Å². The summed E-state index contributed by atoms with van der Waals surface area (Å²) in [6.07, 6.45) is 2.36. The predicted octanol–water partition coefficient (Wildman–Crippen LogP) is 1.06. The molecule has 82 valence electrons. The zero-order valence-electron chi connectivity index (χ0n) is 9.42. The minimum atomic E-state index is -0.261. The topological polar surface area (TPSA) is 40.5 Å². The van der Waals surface area contributed by atoms with E-state index in [2.05, 4.69) is 4.90 Å². The monoisotopic (exact) mass is 199 g/mol. The highest BCUT2D eigenvalue weighted by molar-refractivity contribution is 5.85. The van der Waals surface area contributed by atoms with Crippen molar-refractivity contribution in [3.05, 3.63) is 0 Å². The number of aliphatic hydroxyl groups is 1. The largest absolute Gasteiger partial charge is 0.395 e. The highest BCUT2D eigenvalue weighted by Crippen LogP contribution is 2.27. The van der Waals surface area contributed by atoms with E-state index in [4.69, 9.17) is 5.11 Å². The maximum Gasteiger partial charge on any atom is 0.152 e. The molecule has 0 heterocycles. The van der Waals surface area contributed by atoms with E-state index in [1.807, 2.05) is 20.8 Å². The second kappa shape index (κ2) is 4.41. The van der Waals surface area contributed by atoms with E-state index in [0.29, 0.717) is 19.1 Å². The second-order valence-corrected chi connectivity index (χ2v) is 5.10. The molecule has 1 aliphatic carbocycles. The molecule has 0 aliphatic heterocycles. The fourth-order valence-electron chi connectivity index (χ4n) is 1.38. The van der Waals surface area contributed by atoms with Crippen LogP contribution in [0, 0.1) is 5.41 Å². The van der Waals surface area contributed by atoms with E-state index in [0.717, 1.165) is 0 Å². The zero-order valence-corrected chi connectivity index (χ0v) is 9.42. The average Bonchev–Trinajstić information content (AvgIpc) is 2.83. The van der Waals surface area contributed by atoms with Gasteiger partial charge in [0.2, 0.25) is 0 Å². The van der Waals surface area contributed by atoms with Crippen LogP contribution in [0.3, 0.4) is 0 Å². The van der Waals surface area contributed by atoms with Gasteiger partial charge in [0.15, 0.2) is 5.78 Å². The van der Waals surface area contributed by atoms with Crippen LogP contribution in [0.2, 0.25) is 0 Å². The van der Waals surface area contributed by atoms with Gasteiger partial charge in [0.05, 0.1) is 13.2 Å². The van der Waals surface area contributed by atoms with Gasteiger partial charge >= 0.3 is 0 Å². The molecule has 1 rings (SSSR count). The lowest BCUT2D eigenvalue weighted by molar-refractivity contribution is -0.127. The van der Waals surface area contributed by atoms with E-state index in [1.54, 1.807) is 0 Å². The van der Waals surface area contributed by atoms with Crippen molar-refractivity contribution in [2.24, 2.45) is 5.41 Å². The van der Waals surface area contributed by atoms with E-state index in [-0.39, 0.29) is 17.8 Å². The fraction of sp³-hybridized carbons (Fsp3) is 0.909. The normalized spacial score (nSPS) is 17.5. The summed E-state index contributed by atoms with van der Waals surface area (Å²) >= 11 is 0. The third kappa shape index (κ3) is 3.39. The molecule has 0 atom stereocenters. The summed E-state index contributed by atoms with van der Waals surface area (Å²) in [5, 5.41) is 8.88. The van der Waals surface area contributed by atoms with Crippen molar-refractivity contribution in [1.29, 1.82) is 0 Å². The summed E-state index contributed by atoms with van der Waals surface area (Å²) in [5.41, 5.74) is -0.261. The van der Waals surface area contributed by atoms with Crippen molar-refractivity contribution in [2.45, 2.75) is 39.7 Å². The van der Waals surface area contributed by atoms with E-state index < -0.39 is 0 Å². The predicted molar refractivity (Wildman–Crippen MR) is 56.1 cm³/mol. The smallest absolute Gasteiger partial charge is 0.152 e. The molecule has 1 aliphatic rings. The standard InChI is InChI=1S/C11H21NO2/c1-11(2,3)10(14)8-12(6-7-13)9-4-5-9/h9,13H,4-8H2,1-3H3. The number of Topliss-reactive ketones (excluding diaryl/α,β-unsaturated/α-hetero) is 1. The summed E-state index contributed by atoms with van der Waals surface area (Å²) in [5.74, 6) is 0.262. The summed E-state index contributed by atoms with van der Waals surface area (Å²) in [4.78, 5) is 13.9. The Bertz CT molecular complexity index is 204. The SMILES string of the molecule is CC(C)(C)C(=O)CN(CCO)C1CC1. The van der Waals surface area contributed by atoms with Crippen molar-refractivity contribution >= 4 is 5.78 Å². The van der Waals surface area contributed by atoms with Gasteiger partial charge in [-0.15, -0.1) is 0 Å². The number of aliphatic hydroxyl groups excluding tert-OH is 1. The van der Waals surface area contributed by atoms with Crippen LogP contribution in [0.15, 0.2) is 0 Å². The molecule has 3 nitrogen and oxygen atoms in total. The maximum atomic E-state index is 11.8. The Kier molecular flexibility index (Phi) is 3.67. The molecule has 0 spiro atoms. The minimum Gasteiger partial charge on any atom is -0.395 e. The first-order chi connectivity index (χ1) is 6.45. The number of carbonyl (C=O) groups excluding carboxylic acids is 1. The zero-order chi connectivity index (χ0) is 10.8. The van der Waals surface area contributed by atoms with Crippen molar-refractivity contribution < 1.29 is 9.90 Å². The highest BCUT2D eigenvalue weighted by atomic mass is 16.3. The van der Waals surface area contributed by atoms with Crippen molar-refractivity contribution in [2.75, 3.05) is 19.7 Å². The summed E-state index contributed by atoms with van der Waals surface area (Å²) in [6.45, 7) is 7.10. The van der Waals surface area contributed by atoms with Gasteiger partial charge in [0.25, 0.3) is 0 Å². The lowest BCUT2D eigenvalue weighted by Crippen LogP contribution is -2.38. The molecule has 0 unspecified atom stereocenters. The third-order valence-electron chi connectivity index (χ3n) is 2.63. The lowest BCUT2D eigenvalue weighted by atomic mass is 9.90. The molecule has 0 aromatic heterocycles. The Labute approximate surface area is 86.1 Å². The summed E-state index contributed by atoms with van der Waals surface area (Å²) in [7, 11) is 0. The van der Waals surface area contributed by atoms with Gasteiger partial charge < -0.3 is 5.11 Å². The van der Waals surface area contributed by atoms with E-state index in [1.165, 1.54) is 12.8 Å². The molecule has 0 aromatic rings. The summed E-state index contributed by atoms with van der Waals surface area (Å²) < 4.78 is 0. The van der Waals surface area contributed by atoms with Crippen LogP contribution < -0.4 is 0 Å². The molecular formula is C11H21NO2. The fourth-order valence-corrected chi connectivity index (χ4v) is 1.38. The molecule has 3 heteroatoms. The third-order valence-corrected chi connectivity index (χ3v) is 2.63. The quantitative estimate of drug-likeness (QED) is 0.719. The Morgan fingerprint density at radius 3 is 2.36 bits per heavy atom. The van der Waals surface area contributed by atoms with E-state index in [9.17, 15) is 4.79 Å². The first-order valence-corrected chi connectivity index (χ1v) is 5.33. The Balaban J connectivity index is 2.42. The number of carbonyl (C=O) groups is 1. The van der Waals surface area contributed by atoms with Gasteiger partial charge in [-0.25, -0.2) is 0 Å². The van der Waals surface area contributed by atoms with Crippen LogP contribution in [0.25, 0.3) is 0 Å². The number of nitrogens with zero attached hydrogens (tertiary/aromatic N) is 1. The molecule has 0 radical (unpaired) electrons. The lowest BCUT2D eigenvalue weighted by Gasteiger charge is -2.24. The Morgan fingerprint density at radius 1 is 1.43 bits per heavy atom. The van der Waals surface area contributed by atoms with Gasteiger partial charge in [0, 0.05) is 18.0 Å². The van der Waals surface area contributed by atoms with Crippen molar-refractivity contribution in [3.8, 4) is 0 Å². The Morgan fingerprint density at radius 2 is 2.00 bits per heavy atom. The molecule has 0 aromatic carbocycles. The van der Waals surface area contributed by atoms with E-state index >= 15 is 0 Å². The maximum absolute atomic E-state index is 11.8. The number of rotatable bonds is 5. The molecule has 14 heavy (non-hydrogen) atoms. The van der Waals surface area contributed by atoms with Crippen LogP contribution in [0.1, 0.15) is 33.6 Å². The second-order valence-electron chi connectivity index (χ2n) is 5.10. The van der Waals surface area contributed by atoms with Crippen LogP contribution in [-0.2, 0) is 4.79 Å². The molecular weight excluding hydrogens is 178 g/mol.